The van der Waals surface area contributed by atoms with Crippen LogP contribution in [0.25, 0.3) is 11.0 Å². The highest BCUT2D eigenvalue weighted by Crippen LogP contribution is 2.24. The molecule has 0 radical (unpaired) electrons. The number of hydrogen-bond acceptors (Lipinski definition) is 4. The summed E-state index contributed by atoms with van der Waals surface area (Å²) >= 11 is 0. The zero-order valence-electron chi connectivity index (χ0n) is 13.0. The number of hydrogen-bond donors (Lipinski definition) is 0. The number of nitrogens with zero attached hydrogens (tertiary/aromatic N) is 4. The van der Waals surface area contributed by atoms with Crippen LogP contribution in [0.4, 0.5) is 0 Å². The maximum absolute atomic E-state index is 5.88. The number of ether oxygens (including phenoxy) is 1. The van der Waals surface area contributed by atoms with Crippen molar-refractivity contribution >= 4 is 11.0 Å². The van der Waals surface area contributed by atoms with Crippen LogP contribution in [-0.2, 0) is 6.54 Å². The first kappa shape index (κ1) is 14.5. The first-order valence-corrected chi connectivity index (χ1v) is 7.64. The minimum atomic E-state index is 0.664. The van der Waals surface area contributed by atoms with E-state index in [1.54, 1.807) is 6.20 Å². The molecule has 3 rings (SSSR count). The molecule has 3 aromatic rings. The molecule has 0 aliphatic rings. The van der Waals surface area contributed by atoms with E-state index < -0.39 is 0 Å². The van der Waals surface area contributed by atoms with Crippen LogP contribution in [0.3, 0.4) is 0 Å². The molecule has 5 nitrogen and oxygen atoms in total. The smallest absolute Gasteiger partial charge is 0.241 e. The van der Waals surface area contributed by atoms with Gasteiger partial charge >= 0.3 is 0 Å². The van der Waals surface area contributed by atoms with E-state index >= 15 is 0 Å². The average molecular weight is 296 g/mol. The van der Waals surface area contributed by atoms with E-state index in [0.717, 1.165) is 35.4 Å². The molecule has 0 bridgehead atoms. The maximum Gasteiger partial charge on any atom is 0.241 e. The van der Waals surface area contributed by atoms with Gasteiger partial charge in [0.25, 0.3) is 0 Å². The van der Waals surface area contributed by atoms with Crippen LogP contribution in [0.1, 0.15) is 31.3 Å². The summed E-state index contributed by atoms with van der Waals surface area (Å²) in [7, 11) is 0. The lowest BCUT2D eigenvalue weighted by atomic mass is 10.3. The SMILES string of the molecule is CCCCOc1nc(C)nc2ccn(Cc3ccccn3)c12. The Labute approximate surface area is 130 Å². The molecule has 0 aliphatic heterocycles. The van der Waals surface area contributed by atoms with E-state index in [0.29, 0.717) is 19.0 Å². The summed E-state index contributed by atoms with van der Waals surface area (Å²) in [6.07, 6.45) is 5.94. The summed E-state index contributed by atoms with van der Waals surface area (Å²) < 4.78 is 7.98. The third kappa shape index (κ3) is 3.08. The van der Waals surface area contributed by atoms with Crippen molar-refractivity contribution in [3.05, 3.63) is 48.2 Å². The molecule has 0 aromatic carbocycles. The van der Waals surface area contributed by atoms with Gasteiger partial charge in [-0.15, -0.1) is 0 Å². The Hall–Kier alpha value is -2.43. The molecule has 0 N–H and O–H groups in total. The fraction of sp³-hybridized carbons (Fsp3) is 0.353. The molecule has 0 amide bonds. The molecule has 22 heavy (non-hydrogen) atoms. The van der Waals surface area contributed by atoms with Crippen LogP contribution in [0.5, 0.6) is 5.88 Å². The van der Waals surface area contributed by atoms with E-state index in [9.17, 15) is 0 Å². The number of aryl methyl sites for hydroxylation is 1. The molecule has 0 atom stereocenters. The number of fused-ring (bicyclic) bond motifs is 1. The second-order valence-electron chi connectivity index (χ2n) is 5.28. The first-order chi connectivity index (χ1) is 10.8. The maximum atomic E-state index is 5.88. The number of rotatable bonds is 6. The summed E-state index contributed by atoms with van der Waals surface area (Å²) in [5.74, 6) is 1.39. The minimum absolute atomic E-state index is 0.664. The minimum Gasteiger partial charge on any atom is -0.476 e. The van der Waals surface area contributed by atoms with Crippen LogP contribution in [-0.4, -0.2) is 26.1 Å². The monoisotopic (exact) mass is 296 g/mol. The van der Waals surface area contributed by atoms with Gasteiger partial charge in [0.15, 0.2) is 0 Å². The Morgan fingerprint density at radius 1 is 1.18 bits per heavy atom. The largest absolute Gasteiger partial charge is 0.476 e. The van der Waals surface area contributed by atoms with Gasteiger partial charge in [0.1, 0.15) is 11.3 Å². The Kier molecular flexibility index (Phi) is 4.32. The topological polar surface area (TPSA) is 52.8 Å². The summed E-state index contributed by atoms with van der Waals surface area (Å²) in [4.78, 5) is 13.3. The van der Waals surface area contributed by atoms with E-state index in [1.165, 1.54) is 0 Å². The third-order valence-corrected chi connectivity index (χ3v) is 3.49. The van der Waals surface area contributed by atoms with Crippen molar-refractivity contribution in [2.75, 3.05) is 6.61 Å². The standard InChI is InChI=1S/C17H20N4O/c1-3-4-11-22-17-16-15(19-13(2)20-17)8-10-21(16)12-14-7-5-6-9-18-14/h5-10H,3-4,11-12H2,1-2H3. The van der Waals surface area contributed by atoms with Crippen molar-refractivity contribution in [1.29, 1.82) is 0 Å². The molecule has 114 valence electrons. The van der Waals surface area contributed by atoms with Crippen molar-refractivity contribution in [2.24, 2.45) is 0 Å². The van der Waals surface area contributed by atoms with Gasteiger partial charge in [-0.05, 0) is 31.5 Å². The summed E-state index contributed by atoms with van der Waals surface area (Å²) in [6, 6.07) is 7.93. The number of unbranched alkanes of at least 4 members (excludes halogenated alkanes) is 1. The normalized spacial score (nSPS) is 11.0. The van der Waals surface area contributed by atoms with Gasteiger partial charge in [-0.3, -0.25) is 4.98 Å². The predicted molar refractivity (Wildman–Crippen MR) is 86.0 cm³/mol. The third-order valence-electron chi connectivity index (χ3n) is 3.49. The van der Waals surface area contributed by atoms with Gasteiger partial charge in [0, 0.05) is 12.4 Å². The van der Waals surface area contributed by atoms with Crippen LogP contribution in [0, 0.1) is 6.92 Å². The quantitative estimate of drug-likeness (QED) is 0.654. The Morgan fingerprint density at radius 3 is 2.86 bits per heavy atom. The number of aromatic nitrogens is 4. The summed E-state index contributed by atoms with van der Waals surface area (Å²) in [5.41, 5.74) is 2.85. The average Bonchev–Trinajstić information content (AvgIpc) is 2.91. The van der Waals surface area contributed by atoms with Crippen molar-refractivity contribution in [3.63, 3.8) is 0 Å². The molecule has 0 spiro atoms. The van der Waals surface area contributed by atoms with Crippen LogP contribution >= 0.6 is 0 Å². The van der Waals surface area contributed by atoms with E-state index in [-0.39, 0.29) is 0 Å². The zero-order chi connectivity index (χ0) is 15.4. The van der Waals surface area contributed by atoms with Gasteiger partial charge in [0.05, 0.1) is 24.4 Å². The predicted octanol–water partition coefficient (Wildman–Crippen LogP) is 3.36. The zero-order valence-corrected chi connectivity index (χ0v) is 13.0. The van der Waals surface area contributed by atoms with Gasteiger partial charge in [-0.2, -0.15) is 4.98 Å². The molecule has 0 aliphatic carbocycles. The van der Waals surface area contributed by atoms with Gasteiger partial charge in [-0.25, -0.2) is 4.98 Å². The van der Waals surface area contributed by atoms with Crippen molar-refractivity contribution < 1.29 is 4.74 Å². The molecular weight excluding hydrogens is 276 g/mol. The van der Waals surface area contributed by atoms with E-state index in [1.807, 2.05) is 37.4 Å². The second kappa shape index (κ2) is 6.56. The summed E-state index contributed by atoms with van der Waals surface area (Å²) in [5, 5.41) is 0. The highest BCUT2D eigenvalue weighted by molar-refractivity contribution is 5.80. The molecule has 3 heterocycles. The molecule has 0 saturated carbocycles. The Bertz CT molecular complexity index is 752. The first-order valence-electron chi connectivity index (χ1n) is 7.64. The van der Waals surface area contributed by atoms with Crippen molar-refractivity contribution in [1.82, 2.24) is 19.5 Å². The fourth-order valence-electron chi connectivity index (χ4n) is 2.39. The van der Waals surface area contributed by atoms with Crippen LogP contribution in [0.15, 0.2) is 36.7 Å². The highest BCUT2D eigenvalue weighted by atomic mass is 16.5. The Morgan fingerprint density at radius 2 is 2.09 bits per heavy atom. The molecule has 0 unspecified atom stereocenters. The highest BCUT2D eigenvalue weighted by Gasteiger charge is 2.12. The molecule has 0 saturated heterocycles. The van der Waals surface area contributed by atoms with Gasteiger partial charge < -0.3 is 9.30 Å². The van der Waals surface area contributed by atoms with Crippen LogP contribution in [0.2, 0.25) is 0 Å². The lowest BCUT2D eigenvalue weighted by molar-refractivity contribution is 0.299. The second-order valence-corrected chi connectivity index (χ2v) is 5.28. The van der Waals surface area contributed by atoms with Crippen LogP contribution < -0.4 is 4.74 Å². The molecule has 0 fully saturated rings. The lowest BCUT2D eigenvalue weighted by Gasteiger charge is -2.10. The van der Waals surface area contributed by atoms with E-state index in [2.05, 4.69) is 26.4 Å². The molecular formula is C17H20N4O. The Balaban J connectivity index is 1.96. The summed E-state index contributed by atoms with van der Waals surface area (Å²) in [6.45, 7) is 5.40. The molecule has 5 heteroatoms. The van der Waals surface area contributed by atoms with Gasteiger partial charge in [-0.1, -0.05) is 19.4 Å². The van der Waals surface area contributed by atoms with E-state index in [4.69, 9.17) is 4.74 Å². The van der Waals surface area contributed by atoms with Gasteiger partial charge in [0.2, 0.25) is 5.88 Å². The fourth-order valence-corrected chi connectivity index (χ4v) is 2.39. The lowest BCUT2D eigenvalue weighted by Crippen LogP contribution is -2.06. The van der Waals surface area contributed by atoms with Crippen molar-refractivity contribution in [3.8, 4) is 5.88 Å². The molecule has 3 aromatic heterocycles. The van der Waals surface area contributed by atoms with Crippen molar-refractivity contribution in [2.45, 2.75) is 33.2 Å². The number of pyridine rings is 1.